The molecule has 104 valence electrons. The smallest absolute Gasteiger partial charge is 0.349 e. The molecule has 2 aromatic rings. The van der Waals surface area contributed by atoms with Gasteiger partial charge >= 0.3 is 5.69 Å². The van der Waals surface area contributed by atoms with E-state index in [1.807, 2.05) is 13.1 Å². The maximum absolute atomic E-state index is 11.5. The summed E-state index contributed by atoms with van der Waals surface area (Å²) in [5, 5.41) is 9.75. The summed E-state index contributed by atoms with van der Waals surface area (Å²) in [5.74, 6) is 1.46. The van der Waals surface area contributed by atoms with Gasteiger partial charge in [0.05, 0.1) is 0 Å². The molecule has 0 fully saturated rings. The summed E-state index contributed by atoms with van der Waals surface area (Å²) in [5.41, 5.74) is 0.347. The summed E-state index contributed by atoms with van der Waals surface area (Å²) in [6.45, 7) is 6.73. The molecular weight excluding hydrogens is 244 g/mol. The maximum atomic E-state index is 11.5. The van der Waals surface area contributed by atoms with E-state index in [9.17, 15) is 4.79 Å². The summed E-state index contributed by atoms with van der Waals surface area (Å²) >= 11 is 0. The number of fused-ring (bicyclic) bond motifs is 1. The topological polar surface area (TPSA) is 78.3 Å². The van der Waals surface area contributed by atoms with Gasteiger partial charge in [0.25, 0.3) is 0 Å². The molecule has 7 heteroatoms. The normalized spacial score (nSPS) is 11.1. The van der Waals surface area contributed by atoms with Gasteiger partial charge in [0.15, 0.2) is 5.65 Å². The van der Waals surface area contributed by atoms with Crippen molar-refractivity contribution in [3.05, 3.63) is 22.4 Å². The molecule has 0 atom stereocenters. The van der Waals surface area contributed by atoms with Crippen LogP contribution in [0.3, 0.4) is 0 Å². The lowest BCUT2D eigenvalue weighted by molar-refractivity contribution is 0.663. The number of aromatic amines is 1. The van der Waals surface area contributed by atoms with Crippen molar-refractivity contribution < 1.29 is 0 Å². The Kier molecular flexibility index (Phi) is 4.16. The SMILES string of the molecule is CCCNCCN(C)c1cc2n[nH]c(=O)n2c(C)n1. The summed E-state index contributed by atoms with van der Waals surface area (Å²) < 4.78 is 1.46. The average Bonchev–Trinajstić information content (AvgIpc) is 2.76. The van der Waals surface area contributed by atoms with Gasteiger partial charge in [-0.3, -0.25) is 0 Å². The molecule has 2 N–H and O–H groups in total. The number of likely N-dealkylation sites (N-methyl/N-ethyl adjacent to an activating group) is 1. The molecule has 19 heavy (non-hydrogen) atoms. The van der Waals surface area contributed by atoms with Crippen LogP contribution in [-0.2, 0) is 0 Å². The van der Waals surface area contributed by atoms with Gasteiger partial charge in [-0.15, -0.1) is 0 Å². The highest BCUT2D eigenvalue weighted by atomic mass is 16.1. The lowest BCUT2D eigenvalue weighted by Gasteiger charge is -2.18. The molecule has 0 saturated carbocycles. The third-order valence-electron chi connectivity index (χ3n) is 3.00. The Labute approximate surface area is 111 Å². The van der Waals surface area contributed by atoms with E-state index in [1.165, 1.54) is 4.40 Å². The highest BCUT2D eigenvalue weighted by molar-refractivity contribution is 5.50. The van der Waals surface area contributed by atoms with Gasteiger partial charge in [-0.25, -0.2) is 19.3 Å². The van der Waals surface area contributed by atoms with Gasteiger partial charge in [-0.2, -0.15) is 5.10 Å². The second-order valence-electron chi connectivity index (χ2n) is 4.56. The highest BCUT2D eigenvalue weighted by Gasteiger charge is 2.09. The number of hydrogen-bond donors (Lipinski definition) is 2. The van der Waals surface area contributed by atoms with Gasteiger partial charge in [-0.1, -0.05) is 6.92 Å². The minimum absolute atomic E-state index is 0.251. The molecule has 2 aromatic heterocycles. The van der Waals surface area contributed by atoms with Crippen molar-refractivity contribution in [2.75, 3.05) is 31.6 Å². The fourth-order valence-corrected chi connectivity index (χ4v) is 1.94. The van der Waals surface area contributed by atoms with E-state index in [0.717, 1.165) is 31.9 Å². The van der Waals surface area contributed by atoms with Crippen molar-refractivity contribution in [1.82, 2.24) is 24.9 Å². The van der Waals surface area contributed by atoms with E-state index in [-0.39, 0.29) is 5.69 Å². The van der Waals surface area contributed by atoms with Crippen LogP contribution in [0.2, 0.25) is 0 Å². The van der Waals surface area contributed by atoms with E-state index < -0.39 is 0 Å². The highest BCUT2D eigenvalue weighted by Crippen LogP contribution is 2.11. The first-order valence-electron chi connectivity index (χ1n) is 6.50. The first-order valence-corrected chi connectivity index (χ1v) is 6.50. The predicted octanol–water partition coefficient (Wildman–Crippen LogP) is 0.162. The average molecular weight is 264 g/mol. The number of aryl methyl sites for hydroxylation is 1. The molecule has 0 radical (unpaired) electrons. The number of nitrogens with one attached hydrogen (secondary N) is 2. The Balaban J connectivity index is 2.14. The number of hydrogen-bond acceptors (Lipinski definition) is 5. The van der Waals surface area contributed by atoms with Crippen LogP contribution in [0.25, 0.3) is 5.65 Å². The Morgan fingerprint density at radius 1 is 1.47 bits per heavy atom. The number of aromatic nitrogens is 4. The molecular formula is C12H20N6O. The molecule has 2 heterocycles. The van der Waals surface area contributed by atoms with Crippen LogP contribution < -0.4 is 15.9 Å². The minimum atomic E-state index is -0.251. The summed E-state index contributed by atoms with van der Waals surface area (Å²) in [7, 11) is 1.98. The second kappa shape index (κ2) is 5.83. The Morgan fingerprint density at radius 3 is 3.00 bits per heavy atom. The maximum Gasteiger partial charge on any atom is 0.349 e. The summed E-state index contributed by atoms with van der Waals surface area (Å²) in [6.07, 6.45) is 1.13. The Morgan fingerprint density at radius 2 is 2.26 bits per heavy atom. The van der Waals surface area contributed by atoms with Crippen molar-refractivity contribution in [2.24, 2.45) is 0 Å². The Bertz CT molecular complexity index is 602. The zero-order valence-electron chi connectivity index (χ0n) is 11.6. The molecule has 0 aliphatic carbocycles. The zero-order valence-corrected chi connectivity index (χ0v) is 11.6. The van der Waals surface area contributed by atoms with Crippen molar-refractivity contribution in [1.29, 1.82) is 0 Å². The number of anilines is 1. The minimum Gasteiger partial charge on any atom is -0.358 e. The van der Waals surface area contributed by atoms with E-state index >= 15 is 0 Å². The van der Waals surface area contributed by atoms with Gasteiger partial charge in [-0.05, 0) is 19.9 Å². The van der Waals surface area contributed by atoms with E-state index in [4.69, 9.17) is 0 Å². The van der Waals surface area contributed by atoms with Crippen LogP contribution in [-0.4, -0.2) is 46.3 Å². The number of H-pyrrole nitrogens is 1. The third-order valence-corrected chi connectivity index (χ3v) is 3.00. The van der Waals surface area contributed by atoms with Gasteiger partial charge in [0.1, 0.15) is 11.6 Å². The molecule has 0 bridgehead atoms. The fourth-order valence-electron chi connectivity index (χ4n) is 1.94. The number of nitrogens with zero attached hydrogens (tertiary/aromatic N) is 4. The molecule has 0 aliphatic rings. The third kappa shape index (κ3) is 2.93. The predicted molar refractivity (Wildman–Crippen MR) is 74.8 cm³/mol. The van der Waals surface area contributed by atoms with Crippen molar-refractivity contribution in [3.8, 4) is 0 Å². The van der Waals surface area contributed by atoms with Crippen molar-refractivity contribution in [3.63, 3.8) is 0 Å². The lowest BCUT2D eigenvalue weighted by atomic mass is 10.4. The standard InChI is InChI=1S/C12H20N6O/c1-4-5-13-6-7-17(3)10-8-11-15-16-12(19)18(11)9(2)14-10/h8,13H,4-7H2,1-3H3,(H,16,19). The van der Waals surface area contributed by atoms with Crippen LogP contribution in [0.1, 0.15) is 19.2 Å². The molecule has 0 unspecified atom stereocenters. The molecule has 0 aliphatic heterocycles. The van der Waals surface area contributed by atoms with Crippen LogP contribution in [0.4, 0.5) is 5.82 Å². The van der Waals surface area contributed by atoms with Crippen LogP contribution in [0.5, 0.6) is 0 Å². The van der Waals surface area contributed by atoms with Crippen molar-refractivity contribution >= 4 is 11.5 Å². The molecule has 7 nitrogen and oxygen atoms in total. The van der Waals surface area contributed by atoms with Crippen LogP contribution >= 0.6 is 0 Å². The first kappa shape index (κ1) is 13.5. The summed E-state index contributed by atoms with van der Waals surface area (Å²) in [6, 6.07) is 1.81. The van der Waals surface area contributed by atoms with Gasteiger partial charge < -0.3 is 10.2 Å². The monoisotopic (exact) mass is 264 g/mol. The molecule has 0 spiro atoms. The molecule has 0 aromatic carbocycles. The largest absolute Gasteiger partial charge is 0.358 e. The van der Waals surface area contributed by atoms with Gasteiger partial charge in [0.2, 0.25) is 0 Å². The van der Waals surface area contributed by atoms with Crippen molar-refractivity contribution in [2.45, 2.75) is 20.3 Å². The molecule has 0 amide bonds. The number of rotatable bonds is 6. The fraction of sp³-hybridized carbons (Fsp3) is 0.583. The van der Waals surface area contributed by atoms with E-state index in [0.29, 0.717) is 11.5 Å². The zero-order chi connectivity index (χ0) is 13.8. The lowest BCUT2D eigenvalue weighted by Crippen LogP contribution is -2.30. The second-order valence-corrected chi connectivity index (χ2v) is 4.56. The molecule has 0 saturated heterocycles. The summed E-state index contributed by atoms with van der Waals surface area (Å²) in [4.78, 5) is 18.0. The Hall–Kier alpha value is -1.89. The quantitative estimate of drug-likeness (QED) is 0.727. The van der Waals surface area contributed by atoms with Crippen LogP contribution in [0, 0.1) is 6.92 Å². The molecule has 2 rings (SSSR count). The van der Waals surface area contributed by atoms with E-state index in [2.05, 4.69) is 32.3 Å². The first-order chi connectivity index (χ1) is 9.13. The van der Waals surface area contributed by atoms with Crippen LogP contribution in [0.15, 0.2) is 10.9 Å². The van der Waals surface area contributed by atoms with Gasteiger partial charge in [0, 0.05) is 26.2 Å². The van der Waals surface area contributed by atoms with E-state index in [1.54, 1.807) is 6.92 Å².